The second kappa shape index (κ2) is 7.99. The summed E-state index contributed by atoms with van der Waals surface area (Å²) in [6.07, 6.45) is 1.62. The Labute approximate surface area is 192 Å². The van der Waals surface area contributed by atoms with Gasteiger partial charge in [0.2, 0.25) is 0 Å². The van der Waals surface area contributed by atoms with Crippen molar-refractivity contribution in [1.82, 2.24) is 24.8 Å². The molecule has 2 heterocycles. The summed E-state index contributed by atoms with van der Waals surface area (Å²) < 4.78 is 3.19. The van der Waals surface area contributed by atoms with Gasteiger partial charge in [0, 0.05) is 5.69 Å². The number of rotatable bonds is 5. The van der Waals surface area contributed by atoms with E-state index in [4.69, 9.17) is 28.9 Å². The molecule has 0 radical (unpaired) electrons. The Morgan fingerprint density at radius 1 is 0.938 bits per heavy atom. The molecule has 1 amide bonds. The fourth-order valence-corrected chi connectivity index (χ4v) is 3.94. The first kappa shape index (κ1) is 20.0. The Balaban J connectivity index is 1.47. The van der Waals surface area contributed by atoms with Gasteiger partial charge in [-0.1, -0.05) is 46.6 Å². The van der Waals surface area contributed by atoms with Crippen molar-refractivity contribution in [2.24, 2.45) is 5.73 Å². The highest BCUT2D eigenvalue weighted by Gasteiger charge is 2.18. The minimum absolute atomic E-state index is 0.0623. The molecule has 0 atom stereocenters. The SMILES string of the molecule is NC(=O)c1nn(-c2c(Cl)cccc2Cl)cc1Nc1ccc(-n2nnc3ccccc32)cc1. The smallest absolute Gasteiger partial charge is 0.271 e. The molecular weight excluding hydrogens is 449 g/mol. The summed E-state index contributed by atoms with van der Waals surface area (Å²) in [4.78, 5) is 12.0. The molecule has 3 aromatic carbocycles. The van der Waals surface area contributed by atoms with Crippen molar-refractivity contribution < 1.29 is 4.79 Å². The molecule has 0 unspecified atom stereocenters. The number of amides is 1. The Hall–Kier alpha value is -3.88. The first-order valence-electron chi connectivity index (χ1n) is 9.53. The van der Waals surface area contributed by atoms with E-state index in [0.717, 1.165) is 22.4 Å². The van der Waals surface area contributed by atoms with Crippen molar-refractivity contribution >= 4 is 51.5 Å². The summed E-state index contributed by atoms with van der Waals surface area (Å²) in [6, 6.07) is 20.3. The van der Waals surface area contributed by atoms with E-state index in [2.05, 4.69) is 20.7 Å². The van der Waals surface area contributed by atoms with Gasteiger partial charge in [0.15, 0.2) is 5.69 Å². The lowest BCUT2D eigenvalue weighted by atomic mass is 10.2. The van der Waals surface area contributed by atoms with Crippen molar-refractivity contribution in [3.63, 3.8) is 0 Å². The Kier molecular flexibility index (Phi) is 5.01. The third kappa shape index (κ3) is 3.55. The van der Waals surface area contributed by atoms with Gasteiger partial charge in [-0.05, 0) is 48.5 Å². The largest absolute Gasteiger partial charge is 0.364 e. The summed E-state index contributed by atoms with van der Waals surface area (Å²) in [7, 11) is 0. The molecule has 0 aliphatic rings. The van der Waals surface area contributed by atoms with E-state index in [0.29, 0.717) is 21.4 Å². The topological polar surface area (TPSA) is 104 Å². The zero-order valence-corrected chi connectivity index (χ0v) is 17.9. The van der Waals surface area contributed by atoms with Gasteiger partial charge < -0.3 is 11.1 Å². The molecule has 32 heavy (non-hydrogen) atoms. The molecule has 0 aliphatic heterocycles. The number of hydrogen-bond acceptors (Lipinski definition) is 5. The molecule has 5 rings (SSSR count). The predicted octanol–water partition coefficient (Wildman–Crippen LogP) is 4.76. The zero-order valence-electron chi connectivity index (χ0n) is 16.4. The number of fused-ring (bicyclic) bond motifs is 1. The number of anilines is 2. The van der Waals surface area contributed by atoms with E-state index in [9.17, 15) is 4.79 Å². The number of primary amides is 1. The molecule has 3 N–H and O–H groups in total. The second-order valence-corrected chi connectivity index (χ2v) is 7.75. The van der Waals surface area contributed by atoms with Gasteiger partial charge >= 0.3 is 0 Å². The quantitative estimate of drug-likeness (QED) is 0.391. The van der Waals surface area contributed by atoms with Crippen LogP contribution >= 0.6 is 23.2 Å². The Bertz CT molecular complexity index is 1440. The summed E-state index contributed by atoms with van der Waals surface area (Å²) >= 11 is 12.6. The molecular formula is C22H15Cl2N7O. The van der Waals surface area contributed by atoms with E-state index in [1.165, 1.54) is 4.68 Å². The Morgan fingerprint density at radius 3 is 2.38 bits per heavy atom. The first-order valence-corrected chi connectivity index (χ1v) is 10.3. The fraction of sp³-hybridized carbons (Fsp3) is 0. The van der Waals surface area contributed by atoms with Crippen LogP contribution < -0.4 is 11.1 Å². The third-order valence-electron chi connectivity index (χ3n) is 4.86. The Morgan fingerprint density at radius 2 is 1.66 bits per heavy atom. The van der Waals surface area contributed by atoms with Gasteiger partial charge in [-0.3, -0.25) is 4.79 Å². The number of nitrogens with two attached hydrogens (primary N) is 1. The van der Waals surface area contributed by atoms with Crippen molar-refractivity contribution in [1.29, 1.82) is 0 Å². The monoisotopic (exact) mass is 463 g/mol. The van der Waals surface area contributed by atoms with E-state index in [1.807, 2.05) is 48.5 Å². The maximum atomic E-state index is 12.0. The number of hydrogen-bond donors (Lipinski definition) is 2. The number of carbonyl (C=O) groups excluding carboxylic acids is 1. The molecule has 5 aromatic rings. The number of carbonyl (C=O) groups is 1. The van der Waals surface area contributed by atoms with Crippen molar-refractivity contribution in [3.8, 4) is 11.4 Å². The molecule has 0 aliphatic carbocycles. The maximum absolute atomic E-state index is 12.0. The predicted molar refractivity (Wildman–Crippen MR) is 124 cm³/mol. The van der Waals surface area contributed by atoms with Crippen LogP contribution in [0, 0.1) is 0 Å². The van der Waals surface area contributed by atoms with Crippen LogP contribution in [-0.4, -0.2) is 30.7 Å². The van der Waals surface area contributed by atoms with Crippen LogP contribution in [-0.2, 0) is 0 Å². The number of para-hydroxylation sites is 2. The highest BCUT2D eigenvalue weighted by Crippen LogP contribution is 2.30. The van der Waals surface area contributed by atoms with Crippen LogP contribution in [0.4, 0.5) is 11.4 Å². The average molecular weight is 464 g/mol. The number of benzene rings is 3. The number of aromatic nitrogens is 5. The molecule has 10 heteroatoms. The van der Waals surface area contributed by atoms with E-state index >= 15 is 0 Å². The van der Waals surface area contributed by atoms with Crippen LogP contribution in [0.2, 0.25) is 10.0 Å². The summed E-state index contributed by atoms with van der Waals surface area (Å²) in [5.41, 5.74) is 9.77. The highest BCUT2D eigenvalue weighted by atomic mass is 35.5. The van der Waals surface area contributed by atoms with Crippen LogP contribution in [0.1, 0.15) is 10.5 Å². The molecule has 158 valence electrons. The first-order chi connectivity index (χ1) is 15.5. The highest BCUT2D eigenvalue weighted by molar-refractivity contribution is 6.37. The van der Waals surface area contributed by atoms with Gasteiger partial charge in [0.1, 0.15) is 11.2 Å². The normalized spacial score (nSPS) is 11.1. The molecule has 8 nitrogen and oxygen atoms in total. The lowest BCUT2D eigenvalue weighted by Crippen LogP contribution is -2.14. The van der Waals surface area contributed by atoms with E-state index < -0.39 is 5.91 Å². The standard InChI is InChI=1S/C22H15Cl2N7O/c23-15-4-3-5-16(24)21(15)30-12-18(20(28-30)22(25)32)26-13-8-10-14(11-9-13)31-19-7-2-1-6-17(19)27-29-31/h1-12,26H,(H2,25,32). The maximum Gasteiger partial charge on any atom is 0.271 e. The molecule has 2 aromatic heterocycles. The van der Waals surface area contributed by atoms with Crippen LogP contribution in [0.3, 0.4) is 0 Å². The molecule has 0 fully saturated rings. The number of nitrogens with zero attached hydrogens (tertiary/aromatic N) is 5. The van der Waals surface area contributed by atoms with Crippen molar-refractivity contribution in [2.75, 3.05) is 5.32 Å². The number of nitrogens with one attached hydrogen (secondary N) is 1. The van der Waals surface area contributed by atoms with E-state index in [-0.39, 0.29) is 5.69 Å². The van der Waals surface area contributed by atoms with Gasteiger partial charge in [-0.2, -0.15) is 5.10 Å². The van der Waals surface area contributed by atoms with Crippen LogP contribution in [0.25, 0.3) is 22.4 Å². The van der Waals surface area contributed by atoms with Crippen LogP contribution in [0.15, 0.2) is 72.9 Å². The van der Waals surface area contributed by atoms with Crippen LogP contribution in [0.5, 0.6) is 0 Å². The molecule has 0 bridgehead atoms. The van der Waals surface area contributed by atoms with Gasteiger partial charge in [-0.15, -0.1) is 5.10 Å². The minimum atomic E-state index is -0.680. The average Bonchev–Trinajstić information content (AvgIpc) is 3.39. The molecule has 0 spiro atoms. The van der Waals surface area contributed by atoms with E-state index in [1.54, 1.807) is 29.1 Å². The third-order valence-corrected chi connectivity index (χ3v) is 5.47. The van der Waals surface area contributed by atoms with Gasteiger partial charge in [0.25, 0.3) is 5.91 Å². The summed E-state index contributed by atoms with van der Waals surface area (Å²) in [6.45, 7) is 0. The lowest BCUT2D eigenvalue weighted by molar-refractivity contribution is 0.0996. The number of halogens is 2. The fourth-order valence-electron chi connectivity index (χ4n) is 3.37. The van der Waals surface area contributed by atoms with Gasteiger partial charge in [-0.25, -0.2) is 9.36 Å². The van der Waals surface area contributed by atoms with Gasteiger partial charge in [0.05, 0.1) is 33.1 Å². The zero-order chi connectivity index (χ0) is 22.2. The summed E-state index contributed by atoms with van der Waals surface area (Å²) in [5, 5.41) is 16.6. The second-order valence-electron chi connectivity index (χ2n) is 6.93. The lowest BCUT2D eigenvalue weighted by Gasteiger charge is -2.07. The molecule has 0 saturated carbocycles. The minimum Gasteiger partial charge on any atom is -0.364 e. The van der Waals surface area contributed by atoms with Crippen molar-refractivity contribution in [2.45, 2.75) is 0 Å². The molecule has 0 saturated heterocycles. The van der Waals surface area contributed by atoms with Crippen molar-refractivity contribution in [3.05, 3.63) is 88.7 Å². The summed E-state index contributed by atoms with van der Waals surface area (Å²) in [5.74, 6) is -0.680.